The van der Waals surface area contributed by atoms with Crippen LogP contribution in [0.5, 0.6) is 0 Å². The Kier molecular flexibility index (Phi) is 4.21. The van der Waals surface area contributed by atoms with Gasteiger partial charge >= 0.3 is 0 Å². The highest BCUT2D eigenvalue weighted by molar-refractivity contribution is 6.30. The largest absolute Gasteiger partial charge is 0.376 e. The maximum atomic E-state index is 6.33. The van der Waals surface area contributed by atoms with Crippen LogP contribution in [-0.2, 0) is 17.8 Å². The third-order valence-electron chi connectivity index (χ3n) is 4.15. The summed E-state index contributed by atoms with van der Waals surface area (Å²) in [6.45, 7) is 4.39. The van der Waals surface area contributed by atoms with Crippen LogP contribution >= 0.6 is 11.6 Å². The number of likely N-dealkylation sites (N-methyl/N-ethyl adjacent to an activating group) is 2. The SMILES string of the molecule is CN1CCCN(C)C(c2nc(Cl)c3c(n2)CCOC3)C1. The monoisotopic (exact) mass is 296 g/mol. The Morgan fingerprint density at radius 1 is 1.25 bits per heavy atom. The van der Waals surface area contributed by atoms with Crippen LogP contribution in [0.4, 0.5) is 0 Å². The summed E-state index contributed by atoms with van der Waals surface area (Å²) in [5.41, 5.74) is 2.03. The maximum absolute atomic E-state index is 6.33. The van der Waals surface area contributed by atoms with Crippen LogP contribution in [0, 0.1) is 0 Å². The molecule has 0 saturated carbocycles. The average molecular weight is 297 g/mol. The van der Waals surface area contributed by atoms with Gasteiger partial charge in [-0.05, 0) is 33.6 Å². The van der Waals surface area contributed by atoms with E-state index in [9.17, 15) is 0 Å². The molecule has 20 heavy (non-hydrogen) atoms. The number of hydrogen-bond acceptors (Lipinski definition) is 5. The fourth-order valence-electron chi connectivity index (χ4n) is 2.91. The second kappa shape index (κ2) is 5.93. The number of nitrogens with zero attached hydrogens (tertiary/aromatic N) is 4. The minimum Gasteiger partial charge on any atom is -0.376 e. The molecule has 1 fully saturated rings. The van der Waals surface area contributed by atoms with Gasteiger partial charge in [0.05, 0.1) is 24.9 Å². The van der Waals surface area contributed by atoms with Crippen molar-refractivity contribution in [2.75, 3.05) is 40.3 Å². The standard InChI is InChI=1S/C14H21ClN4O/c1-18-5-3-6-19(2)12(8-18)14-16-11-4-7-20-9-10(11)13(15)17-14/h12H,3-9H2,1-2H3. The van der Waals surface area contributed by atoms with Crippen LogP contribution in [0.15, 0.2) is 0 Å². The van der Waals surface area contributed by atoms with Gasteiger partial charge in [-0.25, -0.2) is 9.97 Å². The van der Waals surface area contributed by atoms with Crippen LogP contribution in [-0.4, -0.2) is 60.1 Å². The number of halogens is 1. The van der Waals surface area contributed by atoms with E-state index in [1.807, 2.05) is 0 Å². The number of aromatic nitrogens is 2. The molecule has 2 aliphatic rings. The van der Waals surface area contributed by atoms with Crippen molar-refractivity contribution >= 4 is 11.6 Å². The summed E-state index contributed by atoms with van der Waals surface area (Å²) in [4.78, 5) is 14.0. The first-order chi connectivity index (χ1) is 9.65. The number of hydrogen-bond donors (Lipinski definition) is 0. The third kappa shape index (κ3) is 2.81. The van der Waals surface area contributed by atoms with E-state index in [-0.39, 0.29) is 6.04 Å². The molecule has 6 heteroatoms. The fourth-order valence-corrected chi connectivity index (χ4v) is 3.16. The zero-order valence-corrected chi connectivity index (χ0v) is 12.9. The summed E-state index contributed by atoms with van der Waals surface area (Å²) in [6, 6.07) is 0.216. The molecule has 1 atom stereocenters. The van der Waals surface area contributed by atoms with Gasteiger partial charge in [0.15, 0.2) is 0 Å². The van der Waals surface area contributed by atoms with Crippen LogP contribution in [0.25, 0.3) is 0 Å². The van der Waals surface area contributed by atoms with Crippen molar-refractivity contribution in [2.24, 2.45) is 0 Å². The van der Waals surface area contributed by atoms with Crippen LogP contribution in [0.1, 0.15) is 29.5 Å². The normalized spacial score (nSPS) is 25.2. The Labute approximate surface area is 124 Å². The zero-order valence-electron chi connectivity index (χ0n) is 12.1. The number of ether oxygens (including phenoxy) is 1. The number of fused-ring (bicyclic) bond motifs is 1. The molecule has 0 aromatic carbocycles. The first kappa shape index (κ1) is 14.2. The fraction of sp³-hybridized carbons (Fsp3) is 0.714. The van der Waals surface area contributed by atoms with Crippen molar-refractivity contribution in [1.82, 2.24) is 19.8 Å². The summed E-state index contributed by atoms with van der Waals surface area (Å²) in [7, 11) is 4.30. The highest BCUT2D eigenvalue weighted by atomic mass is 35.5. The molecule has 0 amide bonds. The summed E-state index contributed by atoms with van der Waals surface area (Å²) < 4.78 is 5.44. The van der Waals surface area contributed by atoms with Crippen molar-refractivity contribution in [3.63, 3.8) is 0 Å². The van der Waals surface area contributed by atoms with Gasteiger partial charge < -0.3 is 9.64 Å². The van der Waals surface area contributed by atoms with E-state index in [0.717, 1.165) is 49.7 Å². The Balaban J connectivity index is 1.94. The quantitative estimate of drug-likeness (QED) is 0.735. The van der Waals surface area contributed by atoms with Gasteiger partial charge in [0.2, 0.25) is 0 Å². The van der Waals surface area contributed by atoms with Gasteiger partial charge in [0, 0.05) is 18.5 Å². The van der Waals surface area contributed by atoms with Gasteiger partial charge in [0.25, 0.3) is 0 Å². The minimum absolute atomic E-state index is 0.216. The maximum Gasteiger partial charge on any atom is 0.148 e. The van der Waals surface area contributed by atoms with E-state index >= 15 is 0 Å². The Bertz CT molecular complexity index is 496. The second-order valence-corrected chi connectivity index (χ2v) is 6.07. The van der Waals surface area contributed by atoms with Crippen LogP contribution in [0.3, 0.4) is 0 Å². The summed E-state index contributed by atoms with van der Waals surface area (Å²) in [6.07, 6.45) is 2.01. The highest BCUT2D eigenvalue weighted by Gasteiger charge is 2.27. The topological polar surface area (TPSA) is 41.5 Å². The lowest BCUT2D eigenvalue weighted by Crippen LogP contribution is -2.32. The van der Waals surface area contributed by atoms with Crippen molar-refractivity contribution < 1.29 is 4.74 Å². The molecule has 0 radical (unpaired) electrons. The molecule has 1 saturated heterocycles. The van der Waals surface area contributed by atoms with Gasteiger partial charge in [-0.1, -0.05) is 11.6 Å². The predicted octanol–water partition coefficient (Wildman–Crippen LogP) is 1.51. The van der Waals surface area contributed by atoms with E-state index < -0.39 is 0 Å². The lowest BCUT2D eigenvalue weighted by atomic mass is 10.1. The third-order valence-corrected chi connectivity index (χ3v) is 4.47. The smallest absolute Gasteiger partial charge is 0.148 e. The van der Waals surface area contributed by atoms with E-state index in [2.05, 4.69) is 28.9 Å². The average Bonchev–Trinajstić information content (AvgIpc) is 2.60. The first-order valence-corrected chi connectivity index (χ1v) is 7.54. The Morgan fingerprint density at radius 3 is 2.95 bits per heavy atom. The van der Waals surface area contributed by atoms with Gasteiger partial charge in [-0.3, -0.25) is 4.90 Å². The highest BCUT2D eigenvalue weighted by Crippen LogP contribution is 2.27. The molecule has 3 rings (SSSR count). The lowest BCUT2D eigenvalue weighted by molar-refractivity contribution is 0.108. The zero-order chi connectivity index (χ0) is 14.1. The van der Waals surface area contributed by atoms with Gasteiger partial charge in [-0.15, -0.1) is 0 Å². The molecule has 1 aromatic heterocycles. The summed E-state index contributed by atoms with van der Waals surface area (Å²) >= 11 is 6.33. The van der Waals surface area contributed by atoms with Crippen molar-refractivity contribution in [2.45, 2.75) is 25.5 Å². The number of rotatable bonds is 1. The molecule has 0 spiro atoms. The van der Waals surface area contributed by atoms with E-state index in [1.54, 1.807) is 0 Å². The molecule has 0 bridgehead atoms. The van der Waals surface area contributed by atoms with E-state index in [1.165, 1.54) is 6.42 Å². The molecule has 2 aliphatic heterocycles. The molecule has 0 N–H and O–H groups in total. The van der Waals surface area contributed by atoms with Crippen LogP contribution in [0.2, 0.25) is 5.15 Å². The molecule has 110 valence electrons. The van der Waals surface area contributed by atoms with Gasteiger partial charge in [-0.2, -0.15) is 0 Å². The van der Waals surface area contributed by atoms with Crippen molar-refractivity contribution in [1.29, 1.82) is 0 Å². The van der Waals surface area contributed by atoms with Crippen molar-refractivity contribution in [3.05, 3.63) is 22.2 Å². The Hall–Kier alpha value is -0.750. The molecule has 3 heterocycles. The molecule has 5 nitrogen and oxygen atoms in total. The van der Waals surface area contributed by atoms with Crippen molar-refractivity contribution in [3.8, 4) is 0 Å². The second-order valence-electron chi connectivity index (χ2n) is 5.71. The molecule has 1 aromatic rings. The predicted molar refractivity (Wildman–Crippen MR) is 77.9 cm³/mol. The molecular formula is C14H21ClN4O. The molecule has 0 aliphatic carbocycles. The van der Waals surface area contributed by atoms with E-state index in [0.29, 0.717) is 11.8 Å². The lowest BCUT2D eigenvalue weighted by Gasteiger charge is -2.27. The Morgan fingerprint density at radius 2 is 2.10 bits per heavy atom. The van der Waals surface area contributed by atoms with E-state index in [4.69, 9.17) is 21.3 Å². The summed E-state index contributed by atoms with van der Waals surface area (Å²) in [5.74, 6) is 0.854. The van der Waals surface area contributed by atoms with Crippen LogP contribution < -0.4 is 0 Å². The molecule has 1 unspecified atom stereocenters. The summed E-state index contributed by atoms with van der Waals surface area (Å²) in [5, 5.41) is 0.560. The first-order valence-electron chi connectivity index (χ1n) is 7.17. The van der Waals surface area contributed by atoms with Gasteiger partial charge in [0.1, 0.15) is 11.0 Å². The molecular weight excluding hydrogens is 276 g/mol. The minimum atomic E-state index is 0.216.